The number of carbonyl (C=O) groups excluding carboxylic acids is 1. The molecule has 2 aromatic carbocycles. The van der Waals surface area contributed by atoms with Crippen molar-refractivity contribution >= 4 is 40.6 Å². The van der Waals surface area contributed by atoms with Gasteiger partial charge in [-0.2, -0.15) is 0 Å². The number of hydrogen-bond acceptors (Lipinski definition) is 6. The van der Waals surface area contributed by atoms with Gasteiger partial charge in [0, 0.05) is 12.6 Å². The zero-order valence-corrected chi connectivity index (χ0v) is 16.1. The van der Waals surface area contributed by atoms with E-state index in [4.69, 9.17) is 4.74 Å². The number of aromatic carboxylic acids is 1. The number of ether oxygens (including phenoxy) is 1. The van der Waals surface area contributed by atoms with Crippen LogP contribution in [0.1, 0.15) is 15.9 Å². The van der Waals surface area contributed by atoms with Gasteiger partial charge in [-0.3, -0.25) is 9.69 Å². The van der Waals surface area contributed by atoms with Gasteiger partial charge in [0.15, 0.2) is 5.17 Å². The summed E-state index contributed by atoms with van der Waals surface area (Å²) in [7, 11) is 1.58. The topological polar surface area (TPSA) is 99.4 Å². The van der Waals surface area contributed by atoms with E-state index in [1.807, 2.05) is 30.3 Å². The Hall–Kier alpha value is -3.52. The predicted octanol–water partition coefficient (Wildman–Crippen LogP) is 3.64. The summed E-state index contributed by atoms with van der Waals surface area (Å²) in [6.07, 6.45) is 3.73. The van der Waals surface area contributed by atoms with E-state index in [1.165, 1.54) is 17.0 Å². The highest BCUT2D eigenvalue weighted by Crippen LogP contribution is 2.35. The molecule has 0 aliphatic carbocycles. The molecule has 0 bridgehead atoms. The fourth-order valence-electron chi connectivity index (χ4n) is 2.93. The SMILES string of the molecule is CN1C(=O)/C(=C/C2=Cc3ccccc3OC2)SC1=Nc1ccc(O)cc1C(=O)O. The second-order valence-electron chi connectivity index (χ2n) is 6.42. The van der Waals surface area contributed by atoms with E-state index in [1.54, 1.807) is 13.1 Å². The molecule has 7 nitrogen and oxygen atoms in total. The Kier molecular flexibility index (Phi) is 4.85. The third kappa shape index (κ3) is 3.74. The molecule has 2 heterocycles. The van der Waals surface area contributed by atoms with Crippen molar-refractivity contribution in [2.45, 2.75) is 0 Å². The number of aliphatic imine (C=N–C) groups is 1. The number of benzene rings is 2. The molecule has 4 rings (SSSR count). The van der Waals surface area contributed by atoms with E-state index >= 15 is 0 Å². The van der Waals surface area contributed by atoms with Crippen LogP contribution < -0.4 is 4.74 Å². The van der Waals surface area contributed by atoms with Gasteiger partial charge < -0.3 is 14.9 Å². The molecule has 1 fully saturated rings. The summed E-state index contributed by atoms with van der Waals surface area (Å²) in [4.78, 5) is 30.2. The normalized spacial score (nSPS) is 18.6. The van der Waals surface area contributed by atoms with Gasteiger partial charge in [-0.05, 0) is 53.8 Å². The van der Waals surface area contributed by atoms with Crippen molar-refractivity contribution in [1.82, 2.24) is 4.90 Å². The predicted molar refractivity (Wildman–Crippen MR) is 111 cm³/mol. The fourth-order valence-corrected chi connectivity index (χ4v) is 3.93. The summed E-state index contributed by atoms with van der Waals surface area (Å²) in [5.74, 6) is -0.812. The second-order valence-corrected chi connectivity index (χ2v) is 7.43. The Labute approximate surface area is 170 Å². The molecule has 146 valence electrons. The Balaban J connectivity index is 1.65. The molecular formula is C21H16N2O5S. The lowest BCUT2D eigenvalue weighted by atomic mass is 10.1. The minimum atomic E-state index is -1.21. The van der Waals surface area contributed by atoms with Crippen molar-refractivity contribution in [3.8, 4) is 11.5 Å². The number of para-hydroxylation sites is 1. The molecule has 0 spiro atoms. The van der Waals surface area contributed by atoms with Crippen LogP contribution in [0.25, 0.3) is 6.08 Å². The lowest BCUT2D eigenvalue weighted by molar-refractivity contribution is -0.121. The number of fused-ring (bicyclic) bond motifs is 1. The molecular weight excluding hydrogens is 392 g/mol. The van der Waals surface area contributed by atoms with Crippen LogP contribution in [0.15, 0.2) is 64.0 Å². The zero-order valence-electron chi connectivity index (χ0n) is 15.3. The summed E-state index contributed by atoms with van der Waals surface area (Å²) in [5.41, 5.74) is 1.81. The molecule has 0 atom stereocenters. The van der Waals surface area contributed by atoms with Gasteiger partial charge in [0.25, 0.3) is 5.91 Å². The first-order valence-corrected chi connectivity index (χ1v) is 9.49. The van der Waals surface area contributed by atoms with Crippen LogP contribution in [0.5, 0.6) is 11.5 Å². The van der Waals surface area contributed by atoms with Crippen molar-refractivity contribution in [2.24, 2.45) is 4.99 Å². The van der Waals surface area contributed by atoms with Crippen molar-refractivity contribution < 1.29 is 24.5 Å². The van der Waals surface area contributed by atoms with Gasteiger partial charge in [0.05, 0.1) is 16.2 Å². The zero-order chi connectivity index (χ0) is 20.5. The van der Waals surface area contributed by atoms with Crippen LogP contribution in [-0.2, 0) is 4.79 Å². The number of carboxylic acids is 1. The molecule has 0 saturated carbocycles. The molecule has 2 aliphatic heterocycles. The first-order valence-electron chi connectivity index (χ1n) is 8.67. The Morgan fingerprint density at radius 1 is 1.28 bits per heavy atom. The highest BCUT2D eigenvalue weighted by molar-refractivity contribution is 8.18. The molecule has 2 aliphatic rings. The summed E-state index contributed by atoms with van der Waals surface area (Å²) in [6.45, 7) is 0.353. The number of hydrogen-bond donors (Lipinski definition) is 2. The number of likely N-dealkylation sites (N-methyl/N-ethyl adjacent to an activating group) is 1. The molecule has 8 heteroatoms. The van der Waals surface area contributed by atoms with Gasteiger partial charge in [0.1, 0.15) is 18.1 Å². The van der Waals surface area contributed by atoms with Crippen molar-refractivity contribution in [2.75, 3.05) is 13.7 Å². The van der Waals surface area contributed by atoms with Crippen LogP contribution in [0.2, 0.25) is 0 Å². The van der Waals surface area contributed by atoms with Crippen LogP contribution in [0.3, 0.4) is 0 Å². The number of phenols is 1. The number of thioether (sulfide) groups is 1. The molecule has 0 aromatic heterocycles. The second kappa shape index (κ2) is 7.48. The molecule has 0 unspecified atom stereocenters. The van der Waals surface area contributed by atoms with Gasteiger partial charge in [-0.25, -0.2) is 9.79 Å². The Bertz CT molecular complexity index is 1120. The molecule has 2 aromatic rings. The first-order chi connectivity index (χ1) is 13.9. The number of aromatic hydroxyl groups is 1. The van der Waals surface area contributed by atoms with E-state index in [0.29, 0.717) is 16.7 Å². The average molecular weight is 408 g/mol. The van der Waals surface area contributed by atoms with Gasteiger partial charge >= 0.3 is 5.97 Å². The molecule has 0 radical (unpaired) electrons. The number of amidine groups is 1. The van der Waals surface area contributed by atoms with Gasteiger partial charge in [-0.1, -0.05) is 18.2 Å². The lowest BCUT2D eigenvalue weighted by Gasteiger charge is -2.15. The Morgan fingerprint density at radius 2 is 2.07 bits per heavy atom. The lowest BCUT2D eigenvalue weighted by Crippen LogP contribution is -2.24. The monoisotopic (exact) mass is 408 g/mol. The standard InChI is InChI=1S/C21H16N2O5S/c1-23-19(25)18(9-12-8-13-4-2-3-5-17(13)28-11-12)29-21(23)22-16-7-6-14(24)10-15(16)20(26)27/h2-10,24H,11H2,1H3,(H,26,27)/b18-9-,22-21?. The smallest absolute Gasteiger partial charge is 0.338 e. The van der Waals surface area contributed by atoms with Crippen molar-refractivity contribution in [3.05, 3.63) is 70.1 Å². The number of amides is 1. The number of carbonyl (C=O) groups is 2. The average Bonchev–Trinajstić information content (AvgIpc) is 2.97. The van der Waals surface area contributed by atoms with E-state index in [0.717, 1.165) is 34.7 Å². The quantitative estimate of drug-likeness (QED) is 0.753. The third-order valence-corrected chi connectivity index (χ3v) is 5.46. The summed E-state index contributed by atoms with van der Waals surface area (Å²) >= 11 is 1.16. The summed E-state index contributed by atoms with van der Waals surface area (Å²) < 4.78 is 5.72. The Morgan fingerprint density at radius 3 is 2.86 bits per heavy atom. The maximum atomic E-state index is 12.6. The molecule has 29 heavy (non-hydrogen) atoms. The van der Waals surface area contributed by atoms with E-state index < -0.39 is 5.97 Å². The van der Waals surface area contributed by atoms with Crippen molar-refractivity contribution in [1.29, 1.82) is 0 Å². The minimum Gasteiger partial charge on any atom is -0.508 e. The van der Waals surface area contributed by atoms with Crippen LogP contribution in [0.4, 0.5) is 5.69 Å². The van der Waals surface area contributed by atoms with Gasteiger partial charge in [-0.15, -0.1) is 0 Å². The molecule has 2 N–H and O–H groups in total. The minimum absolute atomic E-state index is 0.142. The van der Waals surface area contributed by atoms with E-state index in [-0.39, 0.29) is 22.9 Å². The first kappa shape index (κ1) is 18.8. The fraction of sp³-hybridized carbons (Fsp3) is 0.0952. The van der Waals surface area contributed by atoms with Crippen LogP contribution in [-0.4, -0.2) is 45.8 Å². The summed E-state index contributed by atoms with van der Waals surface area (Å²) in [5, 5.41) is 19.2. The number of rotatable bonds is 3. The molecule has 1 amide bonds. The van der Waals surface area contributed by atoms with Crippen molar-refractivity contribution in [3.63, 3.8) is 0 Å². The maximum Gasteiger partial charge on any atom is 0.338 e. The maximum absolute atomic E-state index is 12.6. The largest absolute Gasteiger partial charge is 0.508 e. The number of phenolic OH excluding ortho intramolecular Hbond substituents is 1. The highest BCUT2D eigenvalue weighted by atomic mass is 32.2. The highest BCUT2D eigenvalue weighted by Gasteiger charge is 2.31. The van der Waals surface area contributed by atoms with Crippen LogP contribution >= 0.6 is 11.8 Å². The van der Waals surface area contributed by atoms with E-state index in [2.05, 4.69) is 4.99 Å². The molecule has 1 saturated heterocycles. The number of carboxylic acid groups (broad SMARTS) is 1. The van der Waals surface area contributed by atoms with E-state index in [9.17, 15) is 19.8 Å². The summed E-state index contributed by atoms with van der Waals surface area (Å²) in [6, 6.07) is 11.5. The van der Waals surface area contributed by atoms with Gasteiger partial charge in [0.2, 0.25) is 0 Å². The third-order valence-electron chi connectivity index (χ3n) is 4.40. The number of nitrogens with zero attached hydrogens (tertiary/aromatic N) is 2. The van der Waals surface area contributed by atoms with Crippen LogP contribution in [0, 0.1) is 0 Å².